The normalized spacial score (nSPS) is 10.9. The molecule has 0 saturated carbocycles. The van der Waals surface area contributed by atoms with Crippen molar-refractivity contribution in [2.45, 2.75) is 25.8 Å². The number of rotatable bonds is 8. The maximum Gasteiger partial charge on any atom is 0.223 e. The molecule has 0 atom stereocenters. The summed E-state index contributed by atoms with van der Waals surface area (Å²) in [5, 5.41) is 4.57. The topological polar surface area (TPSA) is 41.1 Å². The summed E-state index contributed by atoms with van der Waals surface area (Å²) in [4.78, 5) is 10.9. The average molecular weight is 289 g/mol. The SMILES string of the molecule is CCNc1ncc(Cl)c(SCCN(CC)CC)n1. The Morgan fingerprint density at radius 1 is 1.33 bits per heavy atom. The number of aromatic nitrogens is 2. The second kappa shape index (κ2) is 8.56. The molecule has 0 saturated heterocycles. The lowest BCUT2D eigenvalue weighted by Crippen LogP contribution is -2.25. The highest BCUT2D eigenvalue weighted by Gasteiger charge is 2.07. The molecule has 1 aromatic rings. The van der Waals surface area contributed by atoms with Crippen molar-refractivity contribution >= 4 is 29.3 Å². The Balaban J connectivity index is 2.52. The molecule has 0 amide bonds. The van der Waals surface area contributed by atoms with Crippen LogP contribution in [0.1, 0.15) is 20.8 Å². The lowest BCUT2D eigenvalue weighted by Gasteiger charge is -2.17. The maximum atomic E-state index is 6.09. The van der Waals surface area contributed by atoms with Gasteiger partial charge in [0.05, 0.1) is 11.2 Å². The van der Waals surface area contributed by atoms with E-state index >= 15 is 0 Å². The molecule has 6 heteroatoms. The van der Waals surface area contributed by atoms with Gasteiger partial charge >= 0.3 is 0 Å². The van der Waals surface area contributed by atoms with Gasteiger partial charge in [-0.2, -0.15) is 0 Å². The molecule has 0 radical (unpaired) electrons. The zero-order valence-electron chi connectivity index (χ0n) is 11.2. The largest absolute Gasteiger partial charge is 0.354 e. The van der Waals surface area contributed by atoms with Gasteiger partial charge in [-0.1, -0.05) is 25.4 Å². The van der Waals surface area contributed by atoms with Crippen LogP contribution in [0.4, 0.5) is 5.95 Å². The zero-order valence-corrected chi connectivity index (χ0v) is 12.8. The number of anilines is 1. The molecule has 0 aromatic carbocycles. The summed E-state index contributed by atoms with van der Waals surface area (Å²) >= 11 is 7.77. The van der Waals surface area contributed by atoms with Crippen molar-refractivity contribution < 1.29 is 0 Å². The Bertz CT molecular complexity index is 358. The molecule has 18 heavy (non-hydrogen) atoms. The molecule has 0 unspecified atom stereocenters. The van der Waals surface area contributed by atoms with Crippen LogP contribution in [0.3, 0.4) is 0 Å². The van der Waals surface area contributed by atoms with Crippen molar-refractivity contribution in [1.29, 1.82) is 0 Å². The van der Waals surface area contributed by atoms with Gasteiger partial charge in [0.15, 0.2) is 0 Å². The number of halogens is 1. The lowest BCUT2D eigenvalue weighted by molar-refractivity contribution is 0.324. The molecule has 0 aliphatic heterocycles. The standard InChI is InChI=1S/C12H21ClN4S/c1-4-14-12-15-9-10(13)11(16-12)18-8-7-17(5-2)6-3/h9H,4-8H2,1-3H3,(H,14,15,16). The predicted molar refractivity (Wildman–Crippen MR) is 79.7 cm³/mol. The molecule has 102 valence electrons. The van der Waals surface area contributed by atoms with E-state index in [1.165, 1.54) is 0 Å². The molecule has 1 N–H and O–H groups in total. The molecule has 0 aliphatic carbocycles. The van der Waals surface area contributed by atoms with Gasteiger partial charge in [-0.25, -0.2) is 9.97 Å². The van der Waals surface area contributed by atoms with Crippen molar-refractivity contribution in [1.82, 2.24) is 14.9 Å². The molecule has 4 nitrogen and oxygen atoms in total. The summed E-state index contributed by atoms with van der Waals surface area (Å²) in [5.41, 5.74) is 0. The minimum absolute atomic E-state index is 0.626. The minimum atomic E-state index is 0.626. The summed E-state index contributed by atoms with van der Waals surface area (Å²) < 4.78 is 0. The quantitative estimate of drug-likeness (QED) is 0.588. The van der Waals surface area contributed by atoms with Crippen LogP contribution in [-0.2, 0) is 0 Å². The smallest absolute Gasteiger partial charge is 0.223 e. The number of hydrogen-bond acceptors (Lipinski definition) is 5. The van der Waals surface area contributed by atoms with Gasteiger partial charge in [0.2, 0.25) is 5.95 Å². The molecular formula is C12H21ClN4S. The average Bonchev–Trinajstić information content (AvgIpc) is 2.38. The van der Waals surface area contributed by atoms with Crippen molar-refractivity contribution in [2.24, 2.45) is 0 Å². The Hall–Kier alpha value is -0.520. The minimum Gasteiger partial charge on any atom is -0.354 e. The zero-order chi connectivity index (χ0) is 13.4. The highest BCUT2D eigenvalue weighted by Crippen LogP contribution is 2.25. The summed E-state index contributed by atoms with van der Waals surface area (Å²) in [7, 11) is 0. The monoisotopic (exact) mass is 288 g/mol. The second-order valence-corrected chi connectivity index (χ2v) is 5.24. The third-order valence-electron chi connectivity index (χ3n) is 2.59. The van der Waals surface area contributed by atoms with E-state index in [4.69, 9.17) is 11.6 Å². The van der Waals surface area contributed by atoms with Crippen molar-refractivity contribution in [2.75, 3.05) is 37.2 Å². The molecule has 0 spiro atoms. The van der Waals surface area contributed by atoms with Crippen LogP contribution in [0.5, 0.6) is 0 Å². The van der Waals surface area contributed by atoms with Crippen molar-refractivity contribution in [3.8, 4) is 0 Å². The first kappa shape index (κ1) is 15.5. The van der Waals surface area contributed by atoms with E-state index in [1.807, 2.05) is 6.92 Å². The maximum absolute atomic E-state index is 6.09. The predicted octanol–water partition coefficient (Wildman–Crippen LogP) is 3.00. The number of nitrogens with zero attached hydrogens (tertiary/aromatic N) is 3. The molecular weight excluding hydrogens is 268 g/mol. The molecule has 1 rings (SSSR count). The Labute approximate surface area is 119 Å². The molecule has 0 bridgehead atoms. The van der Waals surface area contributed by atoms with Crippen molar-refractivity contribution in [3.63, 3.8) is 0 Å². The highest BCUT2D eigenvalue weighted by molar-refractivity contribution is 7.99. The van der Waals surface area contributed by atoms with Crippen LogP contribution in [0.2, 0.25) is 5.02 Å². The van der Waals surface area contributed by atoms with E-state index in [-0.39, 0.29) is 0 Å². The van der Waals surface area contributed by atoms with Gasteiger partial charge in [-0.3, -0.25) is 0 Å². The van der Waals surface area contributed by atoms with Crippen LogP contribution in [0.15, 0.2) is 11.2 Å². The summed E-state index contributed by atoms with van der Waals surface area (Å²) in [6.45, 7) is 10.4. The van der Waals surface area contributed by atoms with Crippen LogP contribution in [0, 0.1) is 0 Å². The first-order chi connectivity index (χ1) is 8.71. The van der Waals surface area contributed by atoms with E-state index in [2.05, 4.69) is 34.0 Å². The summed E-state index contributed by atoms with van der Waals surface area (Å²) in [5.74, 6) is 1.64. The second-order valence-electron chi connectivity index (χ2n) is 3.75. The first-order valence-electron chi connectivity index (χ1n) is 6.32. The van der Waals surface area contributed by atoms with E-state index in [0.29, 0.717) is 11.0 Å². The third kappa shape index (κ3) is 5.00. The van der Waals surface area contributed by atoms with Crippen LogP contribution < -0.4 is 5.32 Å². The van der Waals surface area contributed by atoms with Gasteiger partial charge in [-0.05, 0) is 20.0 Å². The molecule has 1 heterocycles. The third-order valence-corrected chi connectivity index (χ3v) is 3.95. The van der Waals surface area contributed by atoms with E-state index in [9.17, 15) is 0 Å². The van der Waals surface area contributed by atoms with Gasteiger partial charge in [-0.15, -0.1) is 11.8 Å². The number of hydrogen-bond donors (Lipinski definition) is 1. The number of nitrogens with one attached hydrogen (secondary N) is 1. The van der Waals surface area contributed by atoms with Gasteiger partial charge in [0, 0.05) is 18.8 Å². The summed E-state index contributed by atoms with van der Waals surface area (Å²) in [6.07, 6.45) is 1.66. The number of thioether (sulfide) groups is 1. The van der Waals surface area contributed by atoms with Gasteiger partial charge in [0.1, 0.15) is 5.03 Å². The Morgan fingerprint density at radius 3 is 2.67 bits per heavy atom. The first-order valence-corrected chi connectivity index (χ1v) is 7.69. The van der Waals surface area contributed by atoms with Crippen molar-refractivity contribution in [3.05, 3.63) is 11.2 Å². The molecule has 0 aliphatic rings. The van der Waals surface area contributed by atoms with E-state index in [0.717, 1.165) is 37.0 Å². The highest BCUT2D eigenvalue weighted by atomic mass is 35.5. The Kier molecular flexibility index (Phi) is 7.39. The fourth-order valence-electron chi connectivity index (χ4n) is 1.51. The molecule has 0 fully saturated rings. The molecule has 1 aromatic heterocycles. The fraction of sp³-hybridized carbons (Fsp3) is 0.667. The fourth-order valence-corrected chi connectivity index (χ4v) is 2.65. The van der Waals surface area contributed by atoms with Crippen LogP contribution in [0.25, 0.3) is 0 Å². The van der Waals surface area contributed by atoms with E-state index in [1.54, 1.807) is 18.0 Å². The van der Waals surface area contributed by atoms with Gasteiger partial charge in [0.25, 0.3) is 0 Å². The van der Waals surface area contributed by atoms with E-state index < -0.39 is 0 Å². The van der Waals surface area contributed by atoms with Crippen LogP contribution in [-0.4, -0.2) is 46.8 Å². The summed E-state index contributed by atoms with van der Waals surface area (Å²) in [6, 6.07) is 0. The Morgan fingerprint density at radius 2 is 2.06 bits per heavy atom. The van der Waals surface area contributed by atoms with Gasteiger partial charge < -0.3 is 10.2 Å². The lowest BCUT2D eigenvalue weighted by atomic mass is 10.5. The van der Waals surface area contributed by atoms with Crippen LogP contribution >= 0.6 is 23.4 Å².